The number of fused-ring (bicyclic) bond motifs is 5. The van der Waals surface area contributed by atoms with Crippen molar-refractivity contribution in [3.63, 3.8) is 0 Å². The number of carbonyl (C=O) groups excluding carboxylic acids is 2. The minimum absolute atomic E-state index is 0.0802. The number of rotatable bonds is 6. The van der Waals surface area contributed by atoms with E-state index in [1.54, 1.807) is 25.3 Å². The highest BCUT2D eigenvalue weighted by Crippen LogP contribution is 2.42. The smallest absolute Gasteiger partial charge is 0.259 e. The van der Waals surface area contributed by atoms with Gasteiger partial charge in [-0.25, -0.2) is 0 Å². The highest BCUT2D eigenvalue weighted by Gasteiger charge is 2.34. The lowest BCUT2D eigenvalue weighted by Gasteiger charge is -2.13. The highest BCUT2D eigenvalue weighted by atomic mass is 35.5. The molecule has 3 N–H and O–H groups in total. The van der Waals surface area contributed by atoms with Crippen molar-refractivity contribution in [1.29, 1.82) is 0 Å². The number of imide groups is 1. The van der Waals surface area contributed by atoms with Crippen molar-refractivity contribution in [2.24, 2.45) is 0 Å². The maximum absolute atomic E-state index is 13.1. The Morgan fingerprint density at radius 2 is 1.68 bits per heavy atom. The molecule has 0 aliphatic carbocycles. The first kappa shape index (κ1) is 22.9. The summed E-state index contributed by atoms with van der Waals surface area (Å²) < 4.78 is 7.32. The number of aromatic hydroxyl groups is 1. The molecule has 0 radical (unpaired) electrons. The molecule has 184 valence electrons. The van der Waals surface area contributed by atoms with Gasteiger partial charge in [-0.15, -0.1) is 0 Å². The Bertz CT molecular complexity index is 1720. The standard InChI is InChI=1S/C29H22ClN3O4/c1-37-18-9-6-16(7-10-18)31-12-13-33-23-11-8-17(34)14-21(23)25-24(33)15-20(19-4-2-3-5-22(19)30)26-27(25)29(36)32-28(26)35/h2-11,14-15,31,34H,12-13H2,1H3,(H,32,35,36). The Morgan fingerprint density at radius 1 is 0.919 bits per heavy atom. The lowest BCUT2D eigenvalue weighted by atomic mass is 9.93. The highest BCUT2D eigenvalue weighted by molar-refractivity contribution is 6.36. The third-order valence-corrected chi connectivity index (χ3v) is 7.07. The SMILES string of the molecule is COc1ccc(NCCn2c3ccc(O)cc3c3c4c(c(-c5ccccc5Cl)cc32)C(=O)NC4=O)cc1. The normalized spacial score (nSPS) is 12.7. The molecule has 2 amide bonds. The van der Waals surface area contributed by atoms with Crippen molar-refractivity contribution >= 4 is 50.9 Å². The number of phenolic OH excluding ortho intramolecular Hbond substituents is 1. The monoisotopic (exact) mass is 511 g/mol. The summed E-state index contributed by atoms with van der Waals surface area (Å²) >= 11 is 6.53. The number of aromatic nitrogens is 1. The topological polar surface area (TPSA) is 92.6 Å². The first-order valence-electron chi connectivity index (χ1n) is 11.8. The first-order chi connectivity index (χ1) is 18.0. The van der Waals surface area contributed by atoms with Crippen LogP contribution in [-0.2, 0) is 6.54 Å². The molecule has 0 fully saturated rings. The molecule has 2 heterocycles. The molecular weight excluding hydrogens is 490 g/mol. The second kappa shape index (κ2) is 8.87. The van der Waals surface area contributed by atoms with Gasteiger partial charge in [-0.2, -0.15) is 0 Å². The van der Waals surface area contributed by atoms with Crippen molar-refractivity contribution in [2.45, 2.75) is 6.54 Å². The zero-order chi connectivity index (χ0) is 25.7. The molecule has 1 aliphatic rings. The van der Waals surface area contributed by atoms with Gasteiger partial charge in [0, 0.05) is 45.7 Å². The van der Waals surface area contributed by atoms with Crippen LogP contribution in [0.3, 0.4) is 0 Å². The van der Waals surface area contributed by atoms with Gasteiger partial charge in [-0.3, -0.25) is 14.9 Å². The van der Waals surface area contributed by atoms with Crippen LogP contribution in [0.25, 0.3) is 32.9 Å². The molecule has 37 heavy (non-hydrogen) atoms. The summed E-state index contributed by atoms with van der Waals surface area (Å²) in [7, 11) is 1.63. The maximum Gasteiger partial charge on any atom is 0.259 e. The predicted molar refractivity (Wildman–Crippen MR) is 145 cm³/mol. The van der Waals surface area contributed by atoms with Crippen molar-refractivity contribution in [2.75, 3.05) is 19.0 Å². The van der Waals surface area contributed by atoms with Crippen LogP contribution in [0, 0.1) is 0 Å². The summed E-state index contributed by atoms with van der Waals surface area (Å²) in [6.07, 6.45) is 0. The largest absolute Gasteiger partial charge is 0.508 e. The number of hydrogen-bond donors (Lipinski definition) is 3. The van der Waals surface area contributed by atoms with E-state index >= 15 is 0 Å². The second-order valence-electron chi connectivity index (χ2n) is 8.84. The Kier molecular flexibility index (Phi) is 5.50. The third-order valence-electron chi connectivity index (χ3n) is 6.74. The van der Waals surface area contributed by atoms with Crippen LogP contribution >= 0.6 is 11.6 Å². The van der Waals surface area contributed by atoms with Gasteiger partial charge in [0.1, 0.15) is 11.5 Å². The molecule has 5 aromatic rings. The summed E-state index contributed by atoms with van der Waals surface area (Å²) in [4.78, 5) is 26.0. The fourth-order valence-electron chi connectivity index (χ4n) is 5.09. The number of methoxy groups -OCH3 is 1. The van der Waals surface area contributed by atoms with E-state index in [-0.39, 0.29) is 5.75 Å². The van der Waals surface area contributed by atoms with Crippen LogP contribution in [0.15, 0.2) is 72.8 Å². The second-order valence-corrected chi connectivity index (χ2v) is 9.25. The molecule has 7 nitrogen and oxygen atoms in total. The zero-order valence-corrected chi connectivity index (χ0v) is 20.6. The molecular formula is C29H22ClN3O4. The lowest BCUT2D eigenvalue weighted by Crippen LogP contribution is -2.20. The quantitative estimate of drug-likeness (QED) is 0.250. The van der Waals surface area contributed by atoms with Crippen molar-refractivity contribution < 1.29 is 19.4 Å². The van der Waals surface area contributed by atoms with Crippen LogP contribution in [-0.4, -0.2) is 35.1 Å². The number of halogens is 1. The Balaban J connectivity index is 1.55. The van der Waals surface area contributed by atoms with Gasteiger partial charge in [0.15, 0.2) is 0 Å². The minimum atomic E-state index is -0.461. The molecule has 0 saturated heterocycles. The summed E-state index contributed by atoms with van der Waals surface area (Å²) in [5.74, 6) is -0.0604. The number of phenols is 1. The van der Waals surface area contributed by atoms with Crippen LogP contribution in [0.2, 0.25) is 5.02 Å². The average molecular weight is 512 g/mol. The summed E-state index contributed by atoms with van der Waals surface area (Å²) in [6, 6.07) is 21.9. The Morgan fingerprint density at radius 3 is 2.43 bits per heavy atom. The molecule has 0 saturated carbocycles. The van der Waals surface area contributed by atoms with Crippen LogP contribution in [0.5, 0.6) is 11.5 Å². The van der Waals surface area contributed by atoms with Crippen LogP contribution in [0.1, 0.15) is 20.7 Å². The van der Waals surface area contributed by atoms with Gasteiger partial charge in [-0.1, -0.05) is 29.8 Å². The van der Waals surface area contributed by atoms with E-state index in [2.05, 4.69) is 15.2 Å². The number of nitrogens with zero attached hydrogens (tertiary/aromatic N) is 1. The van der Waals surface area contributed by atoms with E-state index in [0.29, 0.717) is 51.1 Å². The third kappa shape index (κ3) is 3.75. The number of carbonyl (C=O) groups is 2. The van der Waals surface area contributed by atoms with Gasteiger partial charge in [0.2, 0.25) is 0 Å². The van der Waals surface area contributed by atoms with Gasteiger partial charge in [0.05, 0.1) is 23.8 Å². The number of nitrogens with one attached hydrogen (secondary N) is 2. The molecule has 1 aromatic heterocycles. The Labute approximate surface area is 217 Å². The van der Waals surface area contributed by atoms with Gasteiger partial charge >= 0.3 is 0 Å². The number of hydrogen-bond acceptors (Lipinski definition) is 5. The van der Waals surface area contributed by atoms with E-state index < -0.39 is 11.8 Å². The van der Waals surface area contributed by atoms with Gasteiger partial charge < -0.3 is 19.7 Å². The number of ether oxygens (including phenoxy) is 1. The fourth-order valence-corrected chi connectivity index (χ4v) is 5.33. The average Bonchev–Trinajstić information content (AvgIpc) is 3.37. The number of benzene rings is 4. The zero-order valence-electron chi connectivity index (χ0n) is 19.8. The van der Waals surface area contributed by atoms with E-state index in [0.717, 1.165) is 22.5 Å². The maximum atomic E-state index is 13.1. The molecule has 0 spiro atoms. The molecule has 6 rings (SSSR count). The van der Waals surface area contributed by atoms with Crippen LogP contribution < -0.4 is 15.4 Å². The number of amides is 2. The van der Waals surface area contributed by atoms with E-state index in [1.165, 1.54) is 0 Å². The van der Waals surface area contributed by atoms with E-state index in [9.17, 15) is 14.7 Å². The number of anilines is 1. The van der Waals surface area contributed by atoms with E-state index in [4.69, 9.17) is 16.3 Å². The van der Waals surface area contributed by atoms with Gasteiger partial charge in [0.25, 0.3) is 11.8 Å². The van der Waals surface area contributed by atoms with Crippen molar-refractivity contribution in [3.8, 4) is 22.6 Å². The minimum Gasteiger partial charge on any atom is -0.508 e. The molecule has 4 aromatic carbocycles. The van der Waals surface area contributed by atoms with E-state index in [1.807, 2.05) is 54.6 Å². The van der Waals surface area contributed by atoms with Crippen LogP contribution in [0.4, 0.5) is 5.69 Å². The first-order valence-corrected chi connectivity index (χ1v) is 12.1. The molecule has 0 atom stereocenters. The predicted octanol–water partition coefficient (Wildman–Crippen LogP) is 5.82. The Hall–Kier alpha value is -4.49. The lowest BCUT2D eigenvalue weighted by molar-refractivity contribution is 0.0880. The molecule has 0 unspecified atom stereocenters. The van der Waals surface area contributed by atoms with Crippen molar-refractivity contribution in [1.82, 2.24) is 9.88 Å². The summed E-state index contributed by atoms with van der Waals surface area (Å²) in [5, 5.41) is 18.0. The molecule has 0 bridgehead atoms. The molecule has 1 aliphatic heterocycles. The fraction of sp³-hybridized carbons (Fsp3) is 0.103. The van der Waals surface area contributed by atoms with Gasteiger partial charge in [-0.05, 0) is 60.2 Å². The molecule has 8 heteroatoms. The summed E-state index contributed by atoms with van der Waals surface area (Å²) in [5.41, 5.74) is 4.42. The summed E-state index contributed by atoms with van der Waals surface area (Å²) in [6.45, 7) is 1.16. The van der Waals surface area contributed by atoms with Crippen molar-refractivity contribution in [3.05, 3.63) is 88.9 Å².